The second-order valence-electron chi connectivity index (χ2n) is 0.997. The molecule has 1 N–H and O–H groups in total. The van der Waals surface area contributed by atoms with Gasteiger partial charge in [-0.05, 0) is 4.53 Å². The molecule has 0 aromatic rings. The fourth-order valence-corrected chi connectivity index (χ4v) is 1.49. The van der Waals surface area contributed by atoms with E-state index in [1.165, 1.54) is 0 Å². The Kier molecular flexibility index (Phi) is 3.56. The molecule has 0 amide bonds. The van der Waals surface area contributed by atoms with Gasteiger partial charge in [0, 0.05) is 11.2 Å². The number of hydrogen-bond donors (Lipinski definition) is 1. The molecule has 56 valence electrons. The van der Waals surface area contributed by atoms with Crippen LogP contribution < -0.4 is 0 Å². The summed E-state index contributed by atoms with van der Waals surface area (Å²) in [5.41, 5.74) is 0. The summed E-state index contributed by atoms with van der Waals surface area (Å²) < 4.78 is 29.5. The normalized spacial score (nSPS) is 18.4. The van der Waals surface area contributed by atoms with Crippen LogP contribution in [0, 0.1) is 0 Å². The van der Waals surface area contributed by atoms with Gasteiger partial charge in [-0.25, -0.2) is 4.21 Å². The standard InChI is InChI=1S/CH2Cl2FNO2S2/c2-1(3)5(4)9(6,7)8/h1H,(H,6,7,8). The minimum Gasteiger partial charge on any atom is -0.292 e. The smallest absolute Gasteiger partial charge is 0.239 e. The van der Waals surface area contributed by atoms with Gasteiger partial charge >= 0.3 is 0 Å². The molecule has 0 aromatic carbocycles. The van der Waals surface area contributed by atoms with E-state index >= 15 is 0 Å². The van der Waals surface area contributed by atoms with Crippen molar-refractivity contribution >= 4 is 43.3 Å². The van der Waals surface area contributed by atoms with Crippen LogP contribution in [-0.4, -0.2) is 18.2 Å². The SMILES string of the molecule is O=S(O)(=S)N(F)C(Cl)Cl. The molecule has 0 rings (SSSR count). The van der Waals surface area contributed by atoms with Gasteiger partial charge in [0.15, 0.2) is 0 Å². The zero-order valence-electron chi connectivity index (χ0n) is 3.83. The Hall–Kier alpha value is 0.800. The van der Waals surface area contributed by atoms with E-state index in [2.05, 4.69) is 11.2 Å². The molecule has 0 fully saturated rings. The molecule has 1 unspecified atom stereocenters. The molecular formula is CH2Cl2FNO2S2. The Bertz CT molecular complexity index is 179. The predicted octanol–water partition coefficient (Wildman–Crippen LogP) is 1.07. The maximum Gasteiger partial charge on any atom is 0.239 e. The van der Waals surface area contributed by atoms with E-state index in [0.717, 1.165) is 0 Å². The van der Waals surface area contributed by atoms with Gasteiger partial charge in [-0.15, -0.1) is 4.48 Å². The monoisotopic (exact) mass is 213 g/mol. The van der Waals surface area contributed by atoms with Crippen molar-refractivity contribution in [3.05, 3.63) is 0 Å². The Labute approximate surface area is 66.3 Å². The third kappa shape index (κ3) is 3.49. The Morgan fingerprint density at radius 2 is 2.11 bits per heavy atom. The molecular weight excluding hydrogens is 212 g/mol. The summed E-state index contributed by atoms with van der Waals surface area (Å²) in [4.78, 5) is -1.71. The van der Waals surface area contributed by atoms with E-state index in [0.29, 0.717) is 0 Å². The maximum absolute atomic E-state index is 12.0. The fraction of sp³-hybridized carbons (Fsp3) is 1.00. The molecule has 8 heteroatoms. The molecule has 0 radical (unpaired) electrons. The van der Waals surface area contributed by atoms with Gasteiger partial charge in [-0.1, -0.05) is 23.2 Å². The van der Waals surface area contributed by atoms with Crippen LogP contribution >= 0.6 is 23.2 Å². The van der Waals surface area contributed by atoms with Gasteiger partial charge in [0.05, 0.1) is 0 Å². The van der Waals surface area contributed by atoms with Gasteiger partial charge in [0.25, 0.3) is 0 Å². The van der Waals surface area contributed by atoms with E-state index < -0.39 is 18.4 Å². The van der Waals surface area contributed by atoms with Crippen molar-refractivity contribution in [3.8, 4) is 0 Å². The van der Waals surface area contributed by atoms with E-state index in [1.807, 2.05) is 0 Å². The average molecular weight is 214 g/mol. The second kappa shape index (κ2) is 3.27. The topological polar surface area (TPSA) is 40.5 Å². The van der Waals surface area contributed by atoms with Gasteiger partial charge in [-0.3, -0.25) is 4.55 Å². The highest BCUT2D eigenvalue weighted by Crippen LogP contribution is 2.13. The molecule has 1 atom stereocenters. The minimum absolute atomic E-state index is 0.717. The van der Waals surface area contributed by atoms with Crippen LogP contribution in [0.3, 0.4) is 0 Å². The van der Waals surface area contributed by atoms with Gasteiger partial charge in [-0.2, -0.15) is 0 Å². The molecule has 3 nitrogen and oxygen atoms in total. The number of nitrogens with zero attached hydrogens (tertiary/aromatic N) is 1. The van der Waals surface area contributed by atoms with Crippen LogP contribution in [0.15, 0.2) is 0 Å². The number of rotatable bonds is 2. The summed E-state index contributed by atoms with van der Waals surface area (Å²) in [6.45, 7) is 0. The fourth-order valence-electron chi connectivity index (χ4n) is 0.101. The van der Waals surface area contributed by atoms with Crippen LogP contribution in [0.2, 0.25) is 0 Å². The van der Waals surface area contributed by atoms with Crippen molar-refractivity contribution in [3.63, 3.8) is 0 Å². The first-order chi connectivity index (χ1) is 3.85. The van der Waals surface area contributed by atoms with E-state index in [1.54, 1.807) is 0 Å². The lowest BCUT2D eigenvalue weighted by molar-refractivity contribution is 0.147. The summed E-state index contributed by atoms with van der Waals surface area (Å²) in [6.07, 6.45) is 0. The molecule has 9 heavy (non-hydrogen) atoms. The van der Waals surface area contributed by atoms with Crippen LogP contribution in [-0.2, 0) is 20.1 Å². The number of halogens is 3. The van der Waals surface area contributed by atoms with Gasteiger partial charge in [0.2, 0.25) is 13.9 Å². The van der Waals surface area contributed by atoms with Crippen LogP contribution in [0.25, 0.3) is 0 Å². The summed E-state index contributed by atoms with van der Waals surface area (Å²) in [6, 6.07) is 0. The predicted molar refractivity (Wildman–Crippen MR) is 36.6 cm³/mol. The van der Waals surface area contributed by atoms with Gasteiger partial charge < -0.3 is 0 Å². The molecule has 0 saturated carbocycles. The summed E-state index contributed by atoms with van der Waals surface area (Å²) in [5.74, 6) is 0. The van der Waals surface area contributed by atoms with Crippen LogP contribution in [0.1, 0.15) is 0 Å². The zero-order valence-corrected chi connectivity index (χ0v) is 6.98. The molecule has 0 bridgehead atoms. The second-order valence-corrected chi connectivity index (χ2v) is 4.59. The highest BCUT2D eigenvalue weighted by Gasteiger charge is 2.21. The van der Waals surface area contributed by atoms with E-state index in [4.69, 9.17) is 27.8 Å². The Balaban J connectivity index is 4.24. The molecule has 0 aliphatic rings. The Morgan fingerprint density at radius 1 is 1.78 bits per heavy atom. The minimum atomic E-state index is -4.07. The first-order valence-electron chi connectivity index (χ1n) is 1.56. The maximum atomic E-state index is 12.0. The molecule has 0 aliphatic heterocycles. The first-order valence-corrected chi connectivity index (χ1v) is 4.83. The lowest BCUT2D eigenvalue weighted by Gasteiger charge is -2.08. The molecule has 0 aromatic heterocycles. The molecule has 0 saturated heterocycles. The highest BCUT2D eigenvalue weighted by molar-refractivity contribution is 8.28. The summed E-state index contributed by atoms with van der Waals surface area (Å²) in [7, 11) is -4.07. The lowest BCUT2D eigenvalue weighted by Crippen LogP contribution is -2.24. The van der Waals surface area contributed by atoms with Crippen molar-refractivity contribution in [2.75, 3.05) is 0 Å². The Morgan fingerprint density at radius 3 is 2.11 bits per heavy atom. The van der Waals surface area contributed by atoms with Crippen LogP contribution in [0.5, 0.6) is 0 Å². The molecule has 0 heterocycles. The highest BCUT2D eigenvalue weighted by atomic mass is 35.5. The number of hydrogen-bond acceptors (Lipinski definition) is 2. The average Bonchev–Trinajstić information content (AvgIpc) is 1.62. The summed E-state index contributed by atoms with van der Waals surface area (Å²) in [5, 5.41) is 0. The summed E-state index contributed by atoms with van der Waals surface area (Å²) >= 11 is 13.4. The van der Waals surface area contributed by atoms with Crippen molar-refractivity contribution in [1.82, 2.24) is 4.53 Å². The van der Waals surface area contributed by atoms with Crippen molar-refractivity contribution < 1.29 is 13.2 Å². The third-order valence-electron chi connectivity index (χ3n) is 0.374. The lowest BCUT2D eigenvalue weighted by atomic mass is 11.5. The number of alkyl halides is 2. The quantitative estimate of drug-likeness (QED) is 0.424. The van der Waals surface area contributed by atoms with Crippen LogP contribution in [0.4, 0.5) is 4.48 Å². The molecule has 0 spiro atoms. The van der Waals surface area contributed by atoms with Crippen molar-refractivity contribution in [1.29, 1.82) is 0 Å². The largest absolute Gasteiger partial charge is 0.292 e. The van der Waals surface area contributed by atoms with Crippen molar-refractivity contribution in [2.45, 2.75) is 4.96 Å². The molecule has 0 aliphatic carbocycles. The first kappa shape index (κ1) is 9.80. The van der Waals surface area contributed by atoms with Gasteiger partial charge in [0.1, 0.15) is 0 Å². The van der Waals surface area contributed by atoms with Crippen molar-refractivity contribution in [2.24, 2.45) is 0 Å². The van der Waals surface area contributed by atoms with E-state index in [-0.39, 0.29) is 0 Å². The van der Waals surface area contributed by atoms with E-state index in [9.17, 15) is 8.69 Å². The zero-order chi connectivity index (χ0) is 7.65. The third-order valence-corrected chi connectivity index (χ3v) is 2.03.